The largest absolute Gasteiger partial charge is 0.378 e. The number of hydrogen-bond donors (Lipinski definition) is 1. The normalized spacial score (nSPS) is 37.1. The summed E-state index contributed by atoms with van der Waals surface area (Å²) in [6, 6.07) is 0.261. The molecule has 0 aromatic rings. The number of rotatable bonds is 3. The molecule has 4 heteroatoms. The fourth-order valence-corrected chi connectivity index (χ4v) is 2.87. The molecule has 16 heavy (non-hydrogen) atoms. The van der Waals surface area contributed by atoms with Gasteiger partial charge in [0, 0.05) is 32.2 Å². The Labute approximate surface area is 98.1 Å². The third kappa shape index (κ3) is 2.74. The summed E-state index contributed by atoms with van der Waals surface area (Å²) in [4.78, 5) is 2.16. The van der Waals surface area contributed by atoms with E-state index in [1.165, 1.54) is 0 Å². The van der Waals surface area contributed by atoms with E-state index in [1.54, 1.807) is 0 Å². The zero-order valence-corrected chi connectivity index (χ0v) is 10.4. The molecule has 0 bridgehead atoms. The van der Waals surface area contributed by atoms with Crippen molar-refractivity contribution in [3.05, 3.63) is 0 Å². The van der Waals surface area contributed by atoms with Crippen LogP contribution in [0.3, 0.4) is 0 Å². The van der Waals surface area contributed by atoms with Gasteiger partial charge in [-0.2, -0.15) is 0 Å². The molecule has 4 nitrogen and oxygen atoms in total. The van der Waals surface area contributed by atoms with Gasteiger partial charge in [0.05, 0.1) is 12.2 Å². The Morgan fingerprint density at radius 1 is 1.44 bits per heavy atom. The molecule has 0 amide bonds. The maximum Gasteiger partial charge on any atom is 0.0939 e. The van der Waals surface area contributed by atoms with Gasteiger partial charge in [-0.05, 0) is 32.9 Å². The van der Waals surface area contributed by atoms with Crippen LogP contribution in [-0.2, 0) is 9.47 Å². The molecule has 0 saturated carbocycles. The minimum absolute atomic E-state index is 0.00709. The molecule has 1 spiro atoms. The van der Waals surface area contributed by atoms with Gasteiger partial charge in [0.25, 0.3) is 0 Å². The van der Waals surface area contributed by atoms with E-state index in [1.807, 2.05) is 0 Å². The molecule has 0 aliphatic carbocycles. The zero-order chi connectivity index (χ0) is 11.6. The van der Waals surface area contributed by atoms with Crippen LogP contribution < -0.4 is 5.73 Å². The second-order valence-electron chi connectivity index (χ2n) is 5.51. The van der Waals surface area contributed by atoms with Crippen LogP contribution in [0.1, 0.15) is 19.3 Å². The number of hydrogen-bond acceptors (Lipinski definition) is 4. The topological polar surface area (TPSA) is 47.7 Å². The van der Waals surface area contributed by atoms with Crippen molar-refractivity contribution in [2.75, 3.05) is 40.5 Å². The van der Waals surface area contributed by atoms with Crippen molar-refractivity contribution in [1.82, 2.24) is 4.90 Å². The van der Waals surface area contributed by atoms with E-state index in [0.717, 1.165) is 45.6 Å². The maximum atomic E-state index is 6.26. The Morgan fingerprint density at radius 3 is 2.88 bits per heavy atom. The summed E-state index contributed by atoms with van der Waals surface area (Å²) in [7, 11) is 4.15. The molecule has 0 aromatic heterocycles. The summed E-state index contributed by atoms with van der Waals surface area (Å²) in [5.74, 6) is 0.581. The standard InChI is InChI=1S/C12H24N2O2/c1-14(2)8-11(13)10-3-5-16-12(7-10)4-6-15-9-12/h10-11H,3-9,13H2,1-2H3. The minimum atomic E-state index is -0.00709. The van der Waals surface area contributed by atoms with Gasteiger partial charge < -0.3 is 20.1 Å². The number of ether oxygens (including phenoxy) is 2. The highest BCUT2D eigenvalue weighted by Crippen LogP contribution is 2.36. The number of likely N-dealkylation sites (N-methyl/N-ethyl adjacent to an activating group) is 1. The van der Waals surface area contributed by atoms with Gasteiger partial charge in [-0.25, -0.2) is 0 Å². The Bertz CT molecular complexity index is 227. The first-order valence-electron chi connectivity index (χ1n) is 6.23. The molecule has 0 radical (unpaired) electrons. The second-order valence-corrected chi connectivity index (χ2v) is 5.51. The predicted molar refractivity (Wildman–Crippen MR) is 63.4 cm³/mol. The van der Waals surface area contributed by atoms with Gasteiger partial charge in [-0.3, -0.25) is 0 Å². The maximum absolute atomic E-state index is 6.26. The molecule has 94 valence electrons. The van der Waals surface area contributed by atoms with Gasteiger partial charge in [-0.1, -0.05) is 0 Å². The lowest BCUT2D eigenvalue weighted by molar-refractivity contribution is -0.102. The first-order valence-corrected chi connectivity index (χ1v) is 6.23. The first-order chi connectivity index (χ1) is 7.61. The van der Waals surface area contributed by atoms with Gasteiger partial charge in [0.15, 0.2) is 0 Å². The highest BCUT2D eigenvalue weighted by Gasteiger charge is 2.42. The molecular weight excluding hydrogens is 204 g/mol. The van der Waals surface area contributed by atoms with E-state index in [2.05, 4.69) is 19.0 Å². The van der Waals surface area contributed by atoms with Crippen LogP contribution >= 0.6 is 0 Å². The van der Waals surface area contributed by atoms with E-state index in [-0.39, 0.29) is 11.6 Å². The van der Waals surface area contributed by atoms with E-state index in [0.29, 0.717) is 5.92 Å². The van der Waals surface area contributed by atoms with Crippen LogP contribution in [0.25, 0.3) is 0 Å². The zero-order valence-electron chi connectivity index (χ0n) is 10.4. The third-order valence-corrected chi connectivity index (χ3v) is 3.78. The molecule has 2 aliphatic heterocycles. The Kier molecular flexibility index (Phi) is 3.85. The molecule has 2 saturated heterocycles. The fourth-order valence-electron chi connectivity index (χ4n) is 2.87. The number of nitrogens with two attached hydrogens (primary N) is 1. The highest BCUT2D eigenvalue weighted by molar-refractivity contribution is 4.93. The summed E-state index contributed by atoms with van der Waals surface area (Å²) in [6.07, 6.45) is 3.21. The lowest BCUT2D eigenvalue weighted by atomic mass is 9.81. The van der Waals surface area contributed by atoms with Crippen molar-refractivity contribution in [3.8, 4) is 0 Å². The van der Waals surface area contributed by atoms with Crippen molar-refractivity contribution in [1.29, 1.82) is 0 Å². The van der Waals surface area contributed by atoms with Crippen LogP contribution in [0.4, 0.5) is 0 Å². The summed E-state index contributed by atoms with van der Waals surface area (Å²) >= 11 is 0. The van der Waals surface area contributed by atoms with Gasteiger partial charge in [0.2, 0.25) is 0 Å². The summed E-state index contributed by atoms with van der Waals surface area (Å²) in [6.45, 7) is 3.41. The third-order valence-electron chi connectivity index (χ3n) is 3.78. The van der Waals surface area contributed by atoms with Crippen LogP contribution in [0, 0.1) is 5.92 Å². The van der Waals surface area contributed by atoms with Gasteiger partial charge >= 0.3 is 0 Å². The summed E-state index contributed by atoms with van der Waals surface area (Å²) in [5, 5.41) is 0. The van der Waals surface area contributed by atoms with Crippen LogP contribution in [-0.4, -0.2) is 57.0 Å². The van der Waals surface area contributed by atoms with E-state index >= 15 is 0 Å². The van der Waals surface area contributed by atoms with Crippen LogP contribution in [0.2, 0.25) is 0 Å². The SMILES string of the molecule is CN(C)CC(N)C1CCOC2(CCOC2)C1. The predicted octanol–water partition coefficient (Wildman–Crippen LogP) is 0.461. The Morgan fingerprint density at radius 2 is 2.25 bits per heavy atom. The van der Waals surface area contributed by atoms with Crippen molar-refractivity contribution < 1.29 is 9.47 Å². The van der Waals surface area contributed by atoms with E-state index < -0.39 is 0 Å². The second kappa shape index (κ2) is 5.00. The average molecular weight is 228 g/mol. The van der Waals surface area contributed by atoms with Crippen LogP contribution in [0.15, 0.2) is 0 Å². The van der Waals surface area contributed by atoms with Crippen molar-refractivity contribution >= 4 is 0 Å². The molecule has 2 rings (SSSR count). The molecular formula is C12H24N2O2. The molecule has 0 aromatic carbocycles. The van der Waals surface area contributed by atoms with E-state index in [4.69, 9.17) is 15.2 Å². The minimum Gasteiger partial charge on any atom is -0.378 e. The molecule has 3 unspecified atom stereocenters. The molecule has 2 fully saturated rings. The smallest absolute Gasteiger partial charge is 0.0939 e. The first kappa shape index (κ1) is 12.3. The Hall–Kier alpha value is -0.160. The molecule has 3 atom stereocenters. The average Bonchev–Trinajstić information content (AvgIpc) is 2.65. The number of nitrogens with zero attached hydrogens (tertiary/aromatic N) is 1. The Balaban J connectivity index is 1.90. The van der Waals surface area contributed by atoms with Crippen molar-refractivity contribution in [2.24, 2.45) is 11.7 Å². The summed E-state index contributed by atoms with van der Waals surface area (Å²) in [5.41, 5.74) is 6.26. The summed E-state index contributed by atoms with van der Waals surface area (Å²) < 4.78 is 11.4. The highest BCUT2D eigenvalue weighted by atomic mass is 16.6. The van der Waals surface area contributed by atoms with Crippen molar-refractivity contribution in [2.45, 2.75) is 30.9 Å². The fraction of sp³-hybridized carbons (Fsp3) is 1.00. The quantitative estimate of drug-likeness (QED) is 0.762. The lowest BCUT2D eigenvalue weighted by Crippen LogP contribution is -2.48. The van der Waals surface area contributed by atoms with E-state index in [9.17, 15) is 0 Å². The van der Waals surface area contributed by atoms with Crippen molar-refractivity contribution in [3.63, 3.8) is 0 Å². The van der Waals surface area contributed by atoms with Crippen LogP contribution in [0.5, 0.6) is 0 Å². The molecule has 2 N–H and O–H groups in total. The monoisotopic (exact) mass is 228 g/mol. The lowest BCUT2D eigenvalue weighted by Gasteiger charge is -2.39. The molecule has 2 aliphatic rings. The van der Waals surface area contributed by atoms with Gasteiger partial charge in [-0.15, -0.1) is 0 Å². The van der Waals surface area contributed by atoms with Gasteiger partial charge in [0.1, 0.15) is 0 Å². The molecule has 2 heterocycles.